The molecule has 2 heterocycles. The molecule has 5 unspecified atom stereocenters. The fourth-order valence-corrected chi connectivity index (χ4v) is 3.56. The van der Waals surface area contributed by atoms with Crippen LogP contribution in [0.5, 0.6) is 0 Å². The number of esters is 1. The fourth-order valence-electron chi connectivity index (χ4n) is 3.56. The summed E-state index contributed by atoms with van der Waals surface area (Å²) in [6.45, 7) is 4.58. The minimum Gasteiger partial charge on any atom is -0.461 e. The van der Waals surface area contributed by atoms with Crippen LogP contribution in [0.25, 0.3) is 0 Å². The van der Waals surface area contributed by atoms with Crippen LogP contribution in [0.2, 0.25) is 0 Å². The molecule has 8 heteroatoms. The van der Waals surface area contributed by atoms with E-state index in [1.807, 2.05) is 25.2 Å². The molecular formula is C23H26O8. The summed E-state index contributed by atoms with van der Waals surface area (Å²) in [5.41, 5.74) is -3.22. The monoisotopic (exact) mass is 430 g/mol. The second-order valence-electron chi connectivity index (χ2n) is 7.86. The third-order valence-electron chi connectivity index (χ3n) is 5.18. The molecule has 0 aromatic heterocycles. The average Bonchev–Trinajstić information content (AvgIpc) is 3.40. The van der Waals surface area contributed by atoms with Crippen molar-refractivity contribution in [3.8, 4) is 0 Å². The van der Waals surface area contributed by atoms with Crippen LogP contribution in [-0.4, -0.2) is 57.4 Å². The summed E-state index contributed by atoms with van der Waals surface area (Å²) in [5.74, 6) is -1.91. The van der Waals surface area contributed by atoms with E-state index in [4.69, 9.17) is 14.2 Å². The Morgan fingerprint density at radius 2 is 1.94 bits per heavy atom. The van der Waals surface area contributed by atoms with E-state index >= 15 is 0 Å². The summed E-state index contributed by atoms with van der Waals surface area (Å²) >= 11 is 0. The normalized spacial score (nSPS) is 31.7. The van der Waals surface area contributed by atoms with Crippen molar-refractivity contribution in [1.29, 1.82) is 0 Å². The van der Waals surface area contributed by atoms with Gasteiger partial charge in [0.05, 0.1) is 18.6 Å². The number of Topliss-reactive ketones (excluding diaryl/α,β-unsaturated/α-hetero) is 1. The highest BCUT2D eigenvalue weighted by atomic mass is 16.8. The van der Waals surface area contributed by atoms with Crippen LogP contribution >= 0.6 is 0 Å². The molecule has 1 spiro atoms. The highest BCUT2D eigenvalue weighted by Gasteiger charge is 2.75. The van der Waals surface area contributed by atoms with Crippen molar-refractivity contribution < 1.29 is 38.8 Å². The first-order valence-electron chi connectivity index (χ1n) is 10.0. The van der Waals surface area contributed by atoms with Crippen LogP contribution in [0.15, 0.2) is 59.9 Å². The molecule has 0 bridgehead atoms. The zero-order chi connectivity index (χ0) is 22.8. The van der Waals surface area contributed by atoms with Gasteiger partial charge in [0.2, 0.25) is 29.1 Å². The summed E-state index contributed by atoms with van der Waals surface area (Å²) in [7, 11) is 0. The lowest BCUT2D eigenvalue weighted by molar-refractivity contribution is -0.173. The Labute approximate surface area is 180 Å². The van der Waals surface area contributed by atoms with Crippen LogP contribution in [-0.2, 0) is 28.6 Å². The molecule has 3 aliphatic rings. The third-order valence-corrected chi connectivity index (χ3v) is 5.18. The van der Waals surface area contributed by atoms with E-state index in [1.54, 1.807) is 24.3 Å². The Kier molecular flexibility index (Phi) is 6.45. The third kappa shape index (κ3) is 4.46. The predicted octanol–water partition coefficient (Wildman–Crippen LogP) is 1.59. The number of aliphatic hydroxyl groups excluding tert-OH is 2. The summed E-state index contributed by atoms with van der Waals surface area (Å²) in [4.78, 5) is 38.2. The lowest BCUT2D eigenvalue weighted by Gasteiger charge is -2.33. The lowest BCUT2D eigenvalue weighted by Crippen LogP contribution is -2.57. The maximum Gasteiger partial charge on any atom is 0.309 e. The molecule has 1 fully saturated rings. The molecular weight excluding hydrogens is 404 g/mol. The van der Waals surface area contributed by atoms with Crippen molar-refractivity contribution in [2.75, 3.05) is 0 Å². The highest BCUT2D eigenvalue weighted by molar-refractivity contribution is 6.23. The summed E-state index contributed by atoms with van der Waals surface area (Å²) in [5, 5.41) is 19.1. The van der Waals surface area contributed by atoms with Gasteiger partial charge < -0.3 is 24.4 Å². The molecule has 2 aliphatic heterocycles. The van der Waals surface area contributed by atoms with Gasteiger partial charge in [0.15, 0.2) is 0 Å². The fraction of sp³-hybridized carbons (Fsp3) is 0.435. The molecule has 1 saturated heterocycles. The van der Waals surface area contributed by atoms with E-state index < -0.39 is 53.7 Å². The van der Waals surface area contributed by atoms with Gasteiger partial charge in [0.25, 0.3) is 0 Å². The molecule has 0 aromatic carbocycles. The number of ether oxygens (including phenoxy) is 3. The molecule has 8 nitrogen and oxygen atoms in total. The molecule has 1 aliphatic carbocycles. The minimum absolute atomic E-state index is 0.0360. The van der Waals surface area contributed by atoms with Gasteiger partial charge >= 0.3 is 5.97 Å². The van der Waals surface area contributed by atoms with Crippen LogP contribution in [0.3, 0.4) is 0 Å². The largest absolute Gasteiger partial charge is 0.461 e. The van der Waals surface area contributed by atoms with Crippen LogP contribution < -0.4 is 0 Å². The number of rotatable bonds is 8. The van der Waals surface area contributed by atoms with Crippen molar-refractivity contribution in [1.82, 2.24) is 0 Å². The number of ketones is 2. The van der Waals surface area contributed by atoms with E-state index in [2.05, 4.69) is 0 Å². The first kappa shape index (κ1) is 22.9. The number of aliphatic hydroxyl groups is 2. The van der Waals surface area contributed by atoms with Crippen molar-refractivity contribution in [2.24, 2.45) is 0 Å². The maximum absolute atomic E-state index is 13.2. The van der Waals surface area contributed by atoms with Gasteiger partial charge in [-0.05, 0) is 45.4 Å². The highest BCUT2D eigenvalue weighted by Crippen LogP contribution is 2.54. The van der Waals surface area contributed by atoms with Gasteiger partial charge in [0, 0.05) is 5.57 Å². The molecule has 31 heavy (non-hydrogen) atoms. The zero-order valence-corrected chi connectivity index (χ0v) is 17.6. The van der Waals surface area contributed by atoms with Crippen LogP contribution in [0, 0.1) is 0 Å². The zero-order valence-electron chi connectivity index (χ0n) is 17.6. The van der Waals surface area contributed by atoms with E-state index in [0.717, 1.165) is 0 Å². The summed E-state index contributed by atoms with van der Waals surface area (Å²) in [6.07, 6.45) is 10.2. The Bertz CT molecular complexity index is 922. The molecule has 5 atom stereocenters. The number of allylic oxidation sites excluding steroid dienone is 6. The molecule has 166 valence electrons. The summed E-state index contributed by atoms with van der Waals surface area (Å²) < 4.78 is 16.4. The second kappa shape index (κ2) is 8.74. The topological polar surface area (TPSA) is 123 Å². The molecule has 0 aromatic rings. The standard InChI is InChI=1S/C23H26O8/c1-4-5-6-7-8-9-17-11-15-12-18(26)22(3,20(28)23(15)21(29-17)31-23)30-19(27)13-16(25)10-14(2)24/h4-9,11-12,14,16,21,24-25H,10,13H2,1-3H3/b5-4+,7-6+,9-8+. The SMILES string of the molecule is C/C=C/C=C/C=C/C1=CC2=CC(=O)C(C)(OC(=O)CC(O)CC(C)O)C(=O)C23OC3O1. The Morgan fingerprint density at radius 3 is 2.61 bits per heavy atom. The van der Waals surface area contributed by atoms with Gasteiger partial charge in [-0.3, -0.25) is 14.4 Å². The van der Waals surface area contributed by atoms with Crippen molar-refractivity contribution in [3.05, 3.63) is 59.9 Å². The van der Waals surface area contributed by atoms with Crippen molar-refractivity contribution >= 4 is 17.5 Å². The number of carbonyl (C=O) groups is 3. The van der Waals surface area contributed by atoms with Crippen molar-refractivity contribution in [2.45, 2.75) is 63.3 Å². The maximum atomic E-state index is 13.2. The van der Waals surface area contributed by atoms with Crippen LogP contribution in [0.1, 0.15) is 33.6 Å². The lowest BCUT2D eigenvalue weighted by atomic mass is 9.75. The van der Waals surface area contributed by atoms with Gasteiger partial charge in [0.1, 0.15) is 5.76 Å². The Balaban J connectivity index is 1.77. The quantitative estimate of drug-likeness (QED) is 0.258. The first-order valence-corrected chi connectivity index (χ1v) is 10.0. The number of hydrogen-bond donors (Lipinski definition) is 2. The first-order chi connectivity index (χ1) is 14.6. The van der Waals surface area contributed by atoms with Gasteiger partial charge in [-0.2, -0.15) is 0 Å². The molecule has 0 amide bonds. The minimum atomic E-state index is -2.08. The number of carbonyl (C=O) groups excluding carboxylic acids is 3. The van der Waals surface area contributed by atoms with E-state index in [9.17, 15) is 24.6 Å². The predicted molar refractivity (Wildman–Crippen MR) is 109 cm³/mol. The second-order valence-corrected chi connectivity index (χ2v) is 7.86. The van der Waals surface area contributed by atoms with E-state index in [1.165, 1.54) is 19.9 Å². The molecule has 2 N–H and O–H groups in total. The average molecular weight is 430 g/mol. The molecule has 0 radical (unpaired) electrons. The van der Waals surface area contributed by atoms with Gasteiger partial charge in [-0.1, -0.05) is 30.4 Å². The number of epoxide rings is 1. The Morgan fingerprint density at radius 1 is 1.23 bits per heavy atom. The molecule has 0 saturated carbocycles. The summed E-state index contributed by atoms with van der Waals surface area (Å²) in [6, 6.07) is 0. The Hall–Kier alpha value is -2.81. The molecule has 3 rings (SSSR count). The smallest absolute Gasteiger partial charge is 0.309 e. The number of hydrogen-bond acceptors (Lipinski definition) is 8. The van der Waals surface area contributed by atoms with Gasteiger partial charge in [-0.15, -0.1) is 0 Å². The van der Waals surface area contributed by atoms with Crippen LogP contribution in [0.4, 0.5) is 0 Å². The van der Waals surface area contributed by atoms with Gasteiger partial charge in [-0.25, -0.2) is 0 Å². The van der Waals surface area contributed by atoms with E-state index in [-0.39, 0.29) is 6.42 Å². The van der Waals surface area contributed by atoms with E-state index in [0.29, 0.717) is 11.3 Å². The van der Waals surface area contributed by atoms with Crippen molar-refractivity contribution in [3.63, 3.8) is 0 Å².